The molecule has 2 rings (SSSR count). The summed E-state index contributed by atoms with van der Waals surface area (Å²) in [4.78, 5) is 2.61. The molecule has 0 aromatic heterocycles. The number of aryl methyl sites for hydroxylation is 2. The van der Waals surface area contributed by atoms with Crippen LogP contribution < -0.4 is 4.83 Å². The van der Waals surface area contributed by atoms with Gasteiger partial charge in [0, 0.05) is 0 Å². The van der Waals surface area contributed by atoms with Crippen LogP contribution >= 0.6 is 0 Å². The van der Waals surface area contributed by atoms with Crippen LogP contribution in [0.25, 0.3) is 6.08 Å². The van der Waals surface area contributed by atoms with E-state index in [1.165, 1.54) is 0 Å². The summed E-state index contributed by atoms with van der Waals surface area (Å²) in [5, 5.41) is 4.03. The van der Waals surface area contributed by atoms with E-state index < -0.39 is 10.0 Å². The third-order valence-electron chi connectivity index (χ3n) is 4.26. The lowest BCUT2D eigenvalue weighted by atomic mass is 10.1. The number of nitrogens with one attached hydrogen (secondary N) is 1. The van der Waals surface area contributed by atoms with Crippen LogP contribution in [0.3, 0.4) is 0 Å². The summed E-state index contributed by atoms with van der Waals surface area (Å²) >= 11 is 0. The normalized spacial score (nSPS) is 12.5. The van der Waals surface area contributed by atoms with Crippen LogP contribution in [-0.2, 0) is 10.0 Å². The minimum atomic E-state index is -3.68. The van der Waals surface area contributed by atoms with Crippen molar-refractivity contribution in [3.63, 3.8) is 0 Å². The number of hydrogen-bond donors (Lipinski definition) is 1. The molecule has 144 valence electrons. The lowest BCUT2D eigenvalue weighted by Gasteiger charge is -2.08. The van der Waals surface area contributed by atoms with Crippen molar-refractivity contribution in [3.05, 3.63) is 70.8 Å². The molecule has 0 aliphatic carbocycles. The first-order chi connectivity index (χ1) is 12.9. The van der Waals surface area contributed by atoms with E-state index in [2.05, 4.69) is 16.9 Å². The van der Waals surface area contributed by atoms with Gasteiger partial charge in [0.05, 0.1) is 11.1 Å². The molecule has 0 heterocycles. The van der Waals surface area contributed by atoms with Crippen molar-refractivity contribution >= 4 is 22.3 Å². The summed E-state index contributed by atoms with van der Waals surface area (Å²) in [5.74, 6) is 0. The van der Waals surface area contributed by atoms with Crippen molar-refractivity contribution in [2.75, 3.05) is 0 Å². The predicted octanol–water partition coefficient (Wildman–Crippen LogP) is 5.23. The third kappa shape index (κ3) is 6.68. The highest BCUT2D eigenvalue weighted by Crippen LogP contribution is 2.17. The summed E-state index contributed by atoms with van der Waals surface area (Å²) in [6.07, 6.45) is 7.84. The maximum atomic E-state index is 12.6. The standard InChI is InChI=1S/C22H28N2O2S/c1-4-5-7-12-21(16-20-10-8-6-9-11-20)17-23-24-27(25,26)22-15-18(2)13-14-19(22)3/h6,8-11,13-17,24H,4-5,7,12H2,1-3H3/b21-16+,23-17-. The molecule has 0 amide bonds. The zero-order valence-electron chi connectivity index (χ0n) is 16.3. The van der Waals surface area contributed by atoms with Gasteiger partial charge in [-0.1, -0.05) is 68.3 Å². The number of sulfonamides is 1. The fourth-order valence-electron chi connectivity index (χ4n) is 2.74. The lowest BCUT2D eigenvalue weighted by molar-refractivity contribution is 0.584. The van der Waals surface area contributed by atoms with Crippen molar-refractivity contribution in [2.45, 2.75) is 51.3 Å². The fourth-order valence-corrected chi connectivity index (χ4v) is 3.86. The summed E-state index contributed by atoms with van der Waals surface area (Å²) < 4.78 is 25.1. The van der Waals surface area contributed by atoms with Crippen LogP contribution in [0.4, 0.5) is 0 Å². The Kier molecular flexibility index (Phi) is 7.80. The van der Waals surface area contributed by atoms with Gasteiger partial charge >= 0.3 is 0 Å². The Hall–Kier alpha value is -2.40. The molecular weight excluding hydrogens is 356 g/mol. The highest BCUT2D eigenvalue weighted by atomic mass is 32.2. The van der Waals surface area contributed by atoms with E-state index in [0.717, 1.165) is 42.4 Å². The molecule has 0 atom stereocenters. The van der Waals surface area contributed by atoms with Gasteiger partial charge in [-0.05, 0) is 55.0 Å². The molecule has 2 aromatic carbocycles. The third-order valence-corrected chi connectivity index (χ3v) is 5.62. The van der Waals surface area contributed by atoms with Crippen molar-refractivity contribution < 1.29 is 8.42 Å². The Morgan fingerprint density at radius 2 is 1.81 bits per heavy atom. The second kappa shape index (κ2) is 10.1. The van der Waals surface area contributed by atoms with Gasteiger partial charge in [-0.15, -0.1) is 0 Å². The van der Waals surface area contributed by atoms with Crippen molar-refractivity contribution in [2.24, 2.45) is 5.10 Å². The zero-order valence-corrected chi connectivity index (χ0v) is 17.1. The average Bonchev–Trinajstić information content (AvgIpc) is 2.64. The van der Waals surface area contributed by atoms with Crippen LogP contribution in [0.1, 0.15) is 49.3 Å². The van der Waals surface area contributed by atoms with Gasteiger partial charge in [-0.25, -0.2) is 4.83 Å². The van der Waals surface area contributed by atoms with E-state index in [1.807, 2.05) is 49.4 Å². The van der Waals surface area contributed by atoms with Gasteiger partial charge in [-0.3, -0.25) is 0 Å². The molecule has 27 heavy (non-hydrogen) atoms. The highest BCUT2D eigenvalue weighted by Gasteiger charge is 2.15. The molecule has 2 aromatic rings. The van der Waals surface area contributed by atoms with Crippen LogP contribution in [-0.4, -0.2) is 14.6 Å². The summed E-state index contributed by atoms with van der Waals surface area (Å²) in [5.41, 5.74) is 3.67. The van der Waals surface area contributed by atoms with E-state index >= 15 is 0 Å². The smallest absolute Gasteiger partial charge is 0.200 e. The Bertz CT molecular complexity index is 901. The van der Waals surface area contributed by atoms with Gasteiger partial charge in [0.25, 0.3) is 10.0 Å². The van der Waals surface area contributed by atoms with Crippen molar-refractivity contribution in [1.29, 1.82) is 0 Å². The quantitative estimate of drug-likeness (QED) is 0.365. The Morgan fingerprint density at radius 1 is 1.07 bits per heavy atom. The van der Waals surface area contributed by atoms with E-state index in [1.54, 1.807) is 25.3 Å². The molecule has 0 fully saturated rings. The van der Waals surface area contributed by atoms with Gasteiger partial charge in [-0.2, -0.15) is 13.5 Å². The molecule has 5 heteroatoms. The average molecular weight is 385 g/mol. The molecule has 0 bridgehead atoms. The Morgan fingerprint density at radius 3 is 2.52 bits per heavy atom. The molecule has 0 aliphatic heterocycles. The summed E-state index contributed by atoms with van der Waals surface area (Å²) in [7, 11) is -3.68. The number of allylic oxidation sites excluding steroid dienone is 1. The SMILES string of the molecule is CCCCCC(/C=N\NS(=O)(=O)c1cc(C)ccc1C)=C\c1ccccc1. The first-order valence-electron chi connectivity index (χ1n) is 9.30. The monoisotopic (exact) mass is 384 g/mol. The number of hydrogen-bond acceptors (Lipinski definition) is 3. The molecule has 0 aliphatic rings. The molecule has 1 N–H and O–H groups in total. The number of hydrazone groups is 1. The van der Waals surface area contributed by atoms with Crippen molar-refractivity contribution in [1.82, 2.24) is 4.83 Å². The van der Waals surface area contributed by atoms with E-state index in [0.29, 0.717) is 5.56 Å². The van der Waals surface area contributed by atoms with E-state index in [-0.39, 0.29) is 4.90 Å². The molecule has 0 saturated carbocycles. The van der Waals surface area contributed by atoms with Crippen LogP contribution in [0.15, 0.2) is 64.1 Å². The molecular formula is C22H28N2O2S. The maximum absolute atomic E-state index is 12.6. The molecule has 4 nitrogen and oxygen atoms in total. The number of unbranched alkanes of at least 4 members (excludes halogenated alkanes) is 2. The lowest BCUT2D eigenvalue weighted by Crippen LogP contribution is -2.19. The van der Waals surface area contributed by atoms with Gasteiger partial charge in [0.2, 0.25) is 0 Å². The molecule has 0 spiro atoms. The topological polar surface area (TPSA) is 58.5 Å². The predicted molar refractivity (Wildman–Crippen MR) is 113 cm³/mol. The maximum Gasteiger partial charge on any atom is 0.276 e. The fraction of sp³-hybridized carbons (Fsp3) is 0.318. The van der Waals surface area contributed by atoms with Crippen LogP contribution in [0, 0.1) is 13.8 Å². The zero-order chi connectivity index (χ0) is 19.7. The minimum absolute atomic E-state index is 0.263. The Balaban J connectivity index is 2.17. The minimum Gasteiger partial charge on any atom is -0.200 e. The van der Waals surface area contributed by atoms with E-state index in [9.17, 15) is 8.42 Å². The number of benzene rings is 2. The summed E-state index contributed by atoms with van der Waals surface area (Å²) in [6, 6.07) is 15.3. The second-order valence-corrected chi connectivity index (χ2v) is 8.34. The van der Waals surface area contributed by atoms with Crippen LogP contribution in [0.5, 0.6) is 0 Å². The van der Waals surface area contributed by atoms with Gasteiger partial charge in [0.1, 0.15) is 0 Å². The van der Waals surface area contributed by atoms with Gasteiger partial charge in [0.15, 0.2) is 0 Å². The largest absolute Gasteiger partial charge is 0.276 e. The van der Waals surface area contributed by atoms with Gasteiger partial charge < -0.3 is 0 Å². The molecule has 0 radical (unpaired) electrons. The molecule has 0 saturated heterocycles. The first-order valence-corrected chi connectivity index (χ1v) is 10.8. The molecule has 0 unspecified atom stereocenters. The van der Waals surface area contributed by atoms with E-state index in [4.69, 9.17) is 0 Å². The Labute approximate surface area is 163 Å². The number of rotatable bonds is 9. The van der Waals surface area contributed by atoms with Crippen molar-refractivity contribution in [3.8, 4) is 0 Å². The van der Waals surface area contributed by atoms with Crippen LogP contribution in [0.2, 0.25) is 0 Å². The first kappa shape index (κ1) is 20.9. The summed E-state index contributed by atoms with van der Waals surface area (Å²) in [6.45, 7) is 5.81. The number of nitrogens with zero attached hydrogens (tertiary/aromatic N) is 1. The second-order valence-electron chi connectivity index (χ2n) is 6.71. The highest BCUT2D eigenvalue weighted by molar-refractivity contribution is 7.89.